The molecule has 0 atom stereocenters. The first-order valence-corrected chi connectivity index (χ1v) is 16.6. The molecule has 3 nitrogen and oxygen atoms in total. The van der Waals surface area contributed by atoms with E-state index in [9.17, 15) is 0 Å². The monoisotopic (exact) mass is 617 g/mol. The van der Waals surface area contributed by atoms with Gasteiger partial charge < -0.3 is 0 Å². The van der Waals surface area contributed by atoms with Gasteiger partial charge in [-0.15, -0.1) is 11.3 Å². The lowest BCUT2D eigenvalue weighted by Crippen LogP contribution is -1.96. The quantitative estimate of drug-likeness (QED) is 0.193. The fourth-order valence-electron chi connectivity index (χ4n) is 6.57. The van der Waals surface area contributed by atoms with Crippen molar-refractivity contribution in [3.63, 3.8) is 0 Å². The Morgan fingerprint density at radius 3 is 1.77 bits per heavy atom. The largest absolute Gasteiger partial charge is 0.244 e. The first-order valence-electron chi connectivity index (χ1n) is 15.7. The first kappa shape index (κ1) is 27.3. The van der Waals surface area contributed by atoms with Crippen molar-refractivity contribution in [2.45, 2.75) is 0 Å². The molecule has 2 heterocycles. The molecule has 0 aliphatic carbocycles. The van der Waals surface area contributed by atoms with Crippen LogP contribution >= 0.6 is 11.3 Å². The van der Waals surface area contributed by atoms with Gasteiger partial charge in [0.1, 0.15) is 0 Å². The standard InChI is InChI=1S/C43H27N3S/c1-3-12-29(13-4-1)38-26-39(46-43(45-38)32-14-5-2-6-15-32)30-19-21-31(22-20-30)40-34-17-9-7-11-28(34)23-24-36(40)37-25-33-16-8-10-18-35(33)41-42(37)47-27-44-41/h1-27H. The summed E-state index contributed by atoms with van der Waals surface area (Å²) in [6.45, 7) is 0. The van der Waals surface area contributed by atoms with Crippen molar-refractivity contribution in [3.8, 4) is 56.2 Å². The average Bonchev–Trinajstić information content (AvgIpc) is 3.65. The number of thiazole rings is 1. The van der Waals surface area contributed by atoms with Crippen LogP contribution in [0.2, 0.25) is 0 Å². The molecule has 0 saturated heterocycles. The van der Waals surface area contributed by atoms with Crippen LogP contribution in [0.1, 0.15) is 0 Å². The van der Waals surface area contributed by atoms with Crippen LogP contribution in [0.25, 0.3) is 87.9 Å². The molecule has 7 aromatic carbocycles. The van der Waals surface area contributed by atoms with Crippen LogP contribution in [0.15, 0.2) is 163 Å². The van der Waals surface area contributed by atoms with E-state index in [2.05, 4.69) is 121 Å². The van der Waals surface area contributed by atoms with Gasteiger partial charge in [-0.25, -0.2) is 15.0 Å². The Kier molecular flexibility index (Phi) is 6.65. The van der Waals surface area contributed by atoms with Crippen LogP contribution in [0.3, 0.4) is 0 Å². The molecule has 0 radical (unpaired) electrons. The summed E-state index contributed by atoms with van der Waals surface area (Å²) >= 11 is 1.71. The van der Waals surface area contributed by atoms with E-state index in [0.717, 1.165) is 39.2 Å². The Morgan fingerprint density at radius 2 is 1.02 bits per heavy atom. The summed E-state index contributed by atoms with van der Waals surface area (Å²) in [4.78, 5) is 14.8. The maximum atomic E-state index is 5.06. The molecule has 0 aliphatic heterocycles. The van der Waals surface area contributed by atoms with E-state index in [1.807, 2.05) is 41.9 Å². The van der Waals surface area contributed by atoms with E-state index in [4.69, 9.17) is 15.0 Å². The van der Waals surface area contributed by atoms with Crippen molar-refractivity contribution in [2.24, 2.45) is 0 Å². The fourth-order valence-corrected chi connectivity index (χ4v) is 7.41. The van der Waals surface area contributed by atoms with E-state index in [-0.39, 0.29) is 0 Å². The van der Waals surface area contributed by atoms with Gasteiger partial charge in [0.25, 0.3) is 0 Å². The minimum atomic E-state index is 0.715. The van der Waals surface area contributed by atoms with Crippen molar-refractivity contribution in [2.75, 3.05) is 0 Å². The van der Waals surface area contributed by atoms with Gasteiger partial charge in [0.2, 0.25) is 0 Å². The molecular weight excluding hydrogens is 591 g/mol. The summed E-state index contributed by atoms with van der Waals surface area (Å²) in [6.07, 6.45) is 0. The highest BCUT2D eigenvalue weighted by atomic mass is 32.1. The molecule has 9 rings (SSSR count). The summed E-state index contributed by atoms with van der Waals surface area (Å²) in [6, 6.07) is 55.5. The highest BCUT2D eigenvalue weighted by Gasteiger charge is 2.18. The van der Waals surface area contributed by atoms with Crippen LogP contribution in [-0.4, -0.2) is 15.0 Å². The van der Waals surface area contributed by atoms with Gasteiger partial charge in [-0.3, -0.25) is 0 Å². The van der Waals surface area contributed by atoms with Crippen molar-refractivity contribution in [3.05, 3.63) is 163 Å². The number of hydrogen-bond acceptors (Lipinski definition) is 4. The maximum absolute atomic E-state index is 5.06. The molecule has 0 unspecified atom stereocenters. The number of hydrogen-bond donors (Lipinski definition) is 0. The van der Waals surface area contributed by atoms with Crippen molar-refractivity contribution >= 4 is 43.1 Å². The zero-order valence-electron chi connectivity index (χ0n) is 25.3. The number of nitrogens with zero attached hydrogens (tertiary/aromatic N) is 3. The highest BCUT2D eigenvalue weighted by Crippen LogP contribution is 2.44. The molecule has 47 heavy (non-hydrogen) atoms. The van der Waals surface area contributed by atoms with Crippen molar-refractivity contribution < 1.29 is 0 Å². The van der Waals surface area contributed by atoms with Gasteiger partial charge in [-0.05, 0) is 45.0 Å². The summed E-state index contributed by atoms with van der Waals surface area (Å²) in [5.74, 6) is 0.715. The Bertz CT molecular complexity index is 2500. The smallest absolute Gasteiger partial charge is 0.160 e. The lowest BCUT2D eigenvalue weighted by molar-refractivity contribution is 1.18. The second kappa shape index (κ2) is 11.4. The van der Waals surface area contributed by atoms with Crippen molar-refractivity contribution in [1.29, 1.82) is 0 Å². The molecule has 0 saturated carbocycles. The second-order valence-corrected chi connectivity index (χ2v) is 12.5. The third kappa shape index (κ3) is 4.87. The van der Waals surface area contributed by atoms with Gasteiger partial charge in [-0.2, -0.15) is 0 Å². The van der Waals surface area contributed by atoms with Crippen LogP contribution in [0.4, 0.5) is 0 Å². The predicted octanol–water partition coefficient (Wildman–Crippen LogP) is 11.7. The molecule has 0 spiro atoms. The zero-order valence-corrected chi connectivity index (χ0v) is 26.2. The third-order valence-electron chi connectivity index (χ3n) is 8.84. The van der Waals surface area contributed by atoms with E-state index >= 15 is 0 Å². The molecule has 220 valence electrons. The first-order chi connectivity index (χ1) is 23.3. The Morgan fingerprint density at radius 1 is 0.426 bits per heavy atom. The molecule has 4 heteroatoms. The van der Waals surface area contributed by atoms with Crippen LogP contribution < -0.4 is 0 Å². The van der Waals surface area contributed by atoms with Gasteiger partial charge in [0, 0.05) is 27.6 Å². The molecular formula is C43H27N3S. The summed E-state index contributed by atoms with van der Waals surface area (Å²) < 4.78 is 1.21. The van der Waals surface area contributed by atoms with E-state index in [1.54, 1.807) is 11.3 Å². The highest BCUT2D eigenvalue weighted by molar-refractivity contribution is 7.17. The van der Waals surface area contributed by atoms with E-state index in [1.165, 1.54) is 42.9 Å². The Hall–Kier alpha value is -5.97. The van der Waals surface area contributed by atoms with Crippen LogP contribution in [0, 0.1) is 0 Å². The molecule has 0 N–H and O–H groups in total. The molecule has 0 bridgehead atoms. The van der Waals surface area contributed by atoms with E-state index < -0.39 is 0 Å². The van der Waals surface area contributed by atoms with E-state index in [0.29, 0.717) is 5.82 Å². The third-order valence-corrected chi connectivity index (χ3v) is 9.70. The average molecular weight is 618 g/mol. The predicted molar refractivity (Wildman–Crippen MR) is 197 cm³/mol. The summed E-state index contributed by atoms with van der Waals surface area (Å²) in [7, 11) is 0. The molecule has 0 aliphatic rings. The second-order valence-electron chi connectivity index (χ2n) is 11.7. The number of fused-ring (bicyclic) bond motifs is 4. The Balaban J connectivity index is 1.22. The normalized spacial score (nSPS) is 11.4. The van der Waals surface area contributed by atoms with Crippen molar-refractivity contribution in [1.82, 2.24) is 15.0 Å². The number of rotatable bonds is 5. The fraction of sp³-hybridized carbons (Fsp3) is 0. The molecule has 9 aromatic rings. The minimum Gasteiger partial charge on any atom is -0.244 e. The molecule has 0 amide bonds. The van der Waals surface area contributed by atoms with Crippen LogP contribution in [0.5, 0.6) is 0 Å². The maximum Gasteiger partial charge on any atom is 0.160 e. The Labute approximate surface area is 276 Å². The van der Waals surface area contributed by atoms with Gasteiger partial charge in [-0.1, -0.05) is 146 Å². The SMILES string of the molecule is c1ccc(-c2cc(-c3ccc(-c4c(-c5cc6ccccc6c6ncsc56)ccc5ccccc45)cc3)nc(-c3ccccc3)n2)cc1. The minimum absolute atomic E-state index is 0.715. The topological polar surface area (TPSA) is 38.7 Å². The van der Waals surface area contributed by atoms with Gasteiger partial charge >= 0.3 is 0 Å². The molecule has 2 aromatic heterocycles. The molecule has 0 fully saturated rings. The summed E-state index contributed by atoms with van der Waals surface area (Å²) in [5, 5.41) is 4.83. The summed E-state index contributed by atoms with van der Waals surface area (Å²) in [5.41, 5.74) is 12.7. The lowest BCUT2D eigenvalue weighted by Gasteiger charge is -2.16. The van der Waals surface area contributed by atoms with Crippen LogP contribution in [-0.2, 0) is 0 Å². The van der Waals surface area contributed by atoms with Gasteiger partial charge in [0.05, 0.1) is 27.1 Å². The van der Waals surface area contributed by atoms with Gasteiger partial charge in [0.15, 0.2) is 5.82 Å². The zero-order chi connectivity index (χ0) is 31.2. The number of aromatic nitrogens is 3. The number of benzene rings is 7. The lowest BCUT2D eigenvalue weighted by atomic mass is 9.88.